The molecule has 0 fully saturated rings. The van der Waals surface area contributed by atoms with Gasteiger partial charge in [-0.1, -0.05) is 62.1 Å². The van der Waals surface area contributed by atoms with Gasteiger partial charge in [-0.25, -0.2) is 0 Å². The summed E-state index contributed by atoms with van der Waals surface area (Å²) < 4.78 is 0. The van der Waals surface area contributed by atoms with E-state index in [2.05, 4.69) is 37.3 Å². The van der Waals surface area contributed by atoms with Gasteiger partial charge in [0, 0.05) is 0 Å². The summed E-state index contributed by atoms with van der Waals surface area (Å²) in [5, 5.41) is 9.41. The number of phenolic OH excluding ortho intramolecular Hbond substituents is 1. The van der Waals surface area contributed by atoms with Crippen molar-refractivity contribution in [1.82, 2.24) is 0 Å². The van der Waals surface area contributed by atoms with Gasteiger partial charge in [0.25, 0.3) is 0 Å². The van der Waals surface area contributed by atoms with E-state index in [9.17, 15) is 5.11 Å². The highest BCUT2D eigenvalue weighted by atomic mass is 16.3. The topological polar surface area (TPSA) is 20.2 Å². The number of phenols is 1. The van der Waals surface area contributed by atoms with E-state index in [1.54, 1.807) is 6.07 Å². The van der Waals surface area contributed by atoms with Crippen molar-refractivity contribution in [2.45, 2.75) is 71.1 Å². The van der Waals surface area contributed by atoms with E-state index >= 15 is 0 Å². The molecule has 1 N–H and O–H groups in total. The number of rotatable bonds is 12. The molecule has 122 valence electrons. The van der Waals surface area contributed by atoms with Crippen molar-refractivity contribution in [3.8, 4) is 5.75 Å². The molecule has 0 aliphatic heterocycles. The van der Waals surface area contributed by atoms with Crippen molar-refractivity contribution < 1.29 is 5.11 Å². The largest absolute Gasteiger partial charge is 0.508 e. The van der Waals surface area contributed by atoms with Gasteiger partial charge in [-0.3, -0.25) is 0 Å². The average Bonchev–Trinajstić information content (AvgIpc) is 2.52. The smallest absolute Gasteiger partial charge is 0.115 e. The van der Waals surface area contributed by atoms with Crippen LogP contribution in [0, 0.1) is 0 Å². The Bertz CT molecular complexity index is 431. The highest BCUT2D eigenvalue weighted by Crippen LogP contribution is 2.15. The molecule has 0 unspecified atom stereocenters. The van der Waals surface area contributed by atoms with E-state index in [4.69, 9.17) is 0 Å². The molecule has 1 rings (SSSR count). The van der Waals surface area contributed by atoms with Gasteiger partial charge >= 0.3 is 0 Å². The summed E-state index contributed by atoms with van der Waals surface area (Å²) in [6.45, 7) is 2.08. The minimum absolute atomic E-state index is 0.385. The van der Waals surface area contributed by atoms with Crippen LogP contribution in [0.1, 0.15) is 70.3 Å². The molecule has 0 spiro atoms. The molecule has 1 heteroatoms. The first-order valence-electron chi connectivity index (χ1n) is 8.87. The van der Waals surface area contributed by atoms with Gasteiger partial charge in [-0.2, -0.15) is 0 Å². The van der Waals surface area contributed by atoms with Crippen LogP contribution in [0.3, 0.4) is 0 Å². The zero-order valence-electron chi connectivity index (χ0n) is 14.1. The van der Waals surface area contributed by atoms with Gasteiger partial charge in [0.05, 0.1) is 0 Å². The van der Waals surface area contributed by atoms with Crippen LogP contribution in [0.2, 0.25) is 0 Å². The second-order valence-corrected chi connectivity index (χ2v) is 5.95. The highest BCUT2D eigenvalue weighted by molar-refractivity contribution is 5.27. The second kappa shape index (κ2) is 13.2. The molecule has 1 nitrogen and oxygen atoms in total. The fourth-order valence-electron chi connectivity index (χ4n) is 2.61. The molecule has 0 bridgehead atoms. The van der Waals surface area contributed by atoms with E-state index in [0.717, 1.165) is 6.42 Å². The Labute approximate surface area is 136 Å². The number of aromatic hydroxyl groups is 1. The molecule has 0 heterocycles. The fraction of sp³-hybridized carbons (Fsp3) is 0.524. The number of aryl methyl sites for hydroxylation is 1. The monoisotopic (exact) mass is 300 g/mol. The van der Waals surface area contributed by atoms with Crippen LogP contribution in [-0.4, -0.2) is 5.11 Å². The maximum absolute atomic E-state index is 9.41. The standard InChI is InChI=1S/C21H32O/c1-2-3-4-5-6-7-8-9-10-11-12-13-14-16-20-17-15-18-21(22)19-20/h2-3,6-7,15,17-19,22H,4-5,8-14,16H2,1H3/b3-2+,7-6+. The molecular weight excluding hydrogens is 268 g/mol. The number of unbranched alkanes of at least 4 members (excludes halogenated alkanes) is 7. The van der Waals surface area contributed by atoms with Crippen LogP contribution in [0.25, 0.3) is 0 Å². The Morgan fingerprint density at radius 1 is 0.818 bits per heavy atom. The minimum atomic E-state index is 0.385. The van der Waals surface area contributed by atoms with Crippen LogP contribution < -0.4 is 0 Å². The molecule has 0 atom stereocenters. The van der Waals surface area contributed by atoms with E-state index in [-0.39, 0.29) is 0 Å². The molecule has 0 saturated heterocycles. The van der Waals surface area contributed by atoms with Gasteiger partial charge in [0.15, 0.2) is 0 Å². The molecule has 0 aliphatic rings. The van der Waals surface area contributed by atoms with Crippen molar-refractivity contribution in [2.75, 3.05) is 0 Å². The number of hydrogen-bond donors (Lipinski definition) is 1. The Morgan fingerprint density at radius 2 is 1.50 bits per heavy atom. The summed E-state index contributed by atoms with van der Waals surface area (Å²) in [4.78, 5) is 0. The van der Waals surface area contributed by atoms with Gasteiger partial charge in [0.1, 0.15) is 5.75 Å². The lowest BCUT2D eigenvalue weighted by molar-refractivity contribution is 0.474. The SMILES string of the molecule is C/C=C/CC/C=C/CCCCCCCCc1cccc(O)c1. The summed E-state index contributed by atoms with van der Waals surface area (Å²) >= 11 is 0. The molecule has 0 aromatic heterocycles. The first kappa shape index (κ1) is 18.5. The predicted molar refractivity (Wildman–Crippen MR) is 97.3 cm³/mol. The van der Waals surface area contributed by atoms with Crippen molar-refractivity contribution in [3.63, 3.8) is 0 Å². The molecule has 1 aromatic rings. The Balaban J connectivity index is 1.87. The quantitative estimate of drug-likeness (QED) is 0.341. The zero-order chi connectivity index (χ0) is 15.9. The Hall–Kier alpha value is -1.50. The van der Waals surface area contributed by atoms with Gasteiger partial charge < -0.3 is 5.11 Å². The average molecular weight is 300 g/mol. The van der Waals surface area contributed by atoms with E-state index in [0.29, 0.717) is 5.75 Å². The van der Waals surface area contributed by atoms with Crippen molar-refractivity contribution >= 4 is 0 Å². The third-order valence-electron chi connectivity index (χ3n) is 3.90. The Morgan fingerprint density at radius 3 is 2.27 bits per heavy atom. The maximum Gasteiger partial charge on any atom is 0.115 e. The van der Waals surface area contributed by atoms with Gasteiger partial charge in [0.2, 0.25) is 0 Å². The number of allylic oxidation sites excluding steroid dienone is 4. The molecule has 22 heavy (non-hydrogen) atoms. The molecule has 1 aromatic carbocycles. The third-order valence-corrected chi connectivity index (χ3v) is 3.90. The minimum Gasteiger partial charge on any atom is -0.508 e. The summed E-state index contributed by atoms with van der Waals surface area (Å²) in [5.74, 6) is 0.385. The van der Waals surface area contributed by atoms with Crippen molar-refractivity contribution in [3.05, 3.63) is 54.1 Å². The maximum atomic E-state index is 9.41. The molecule has 0 amide bonds. The highest BCUT2D eigenvalue weighted by Gasteiger charge is 1.95. The van der Waals surface area contributed by atoms with E-state index in [1.807, 2.05) is 12.1 Å². The molecule has 0 aliphatic carbocycles. The van der Waals surface area contributed by atoms with Gasteiger partial charge in [-0.15, -0.1) is 0 Å². The lowest BCUT2D eigenvalue weighted by Crippen LogP contribution is -1.86. The van der Waals surface area contributed by atoms with Crippen LogP contribution in [0.4, 0.5) is 0 Å². The number of benzene rings is 1. The summed E-state index contributed by atoms with van der Waals surface area (Å²) in [6, 6.07) is 7.64. The first-order valence-corrected chi connectivity index (χ1v) is 8.87. The molecule has 0 radical (unpaired) electrons. The second-order valence-electron chi connectivity index (χ2n) is 5.95. The zero-order valence-corrected chi connectivity index (χ0v) is 14.1. The van der Waals surface area contributed by atoms with Crippen molar-refractivity contribution in [2.24, 2.45) is 0 Å². The fourth-order valence-corrected chi connectivity index (χ4v) is 2.61. The van der Waals surface area contributed by atoms with Gasteiger partial charge in [-0.05, 0) is 63.1 Å². The summed E-state index contributed by atoms with van der Waals surface area (Å²) in [5.41, 5.74) is 1.25. The molecular formula is C21H32O. The van der Waals surface area contributed by atoms with Crippen LogP contribution in [0.5, 0.6) is 5.75 Å². The van der Waals surface area contributed by atoms with E-state index in [1.165, 1.54) is 63.4 Å². The number of hydrogen-bond acceptors (Lipinski definition) is 1. The first-order chi connectivity index (χ1) is 10.8. The summed E-state index contributed by atoms with van der Waals surface area (Å²) in [7, 11) is 0. The normalized spacial score (nSPS) is 11.7. The third kappa shape index (κ3) is 10.3. The van der Waals surface area contributed by atoms with E-state index < -0.39 is 0 Å². The summed E-state index contributed by atoms with van der Waals surface area (Å²) in [6.07, 6.45) is 21.6. The van der Waals surface area contributed by atoms with Crippen LogP contribution in [0.15, 0.2) is 48.6 Å². The lowest BCUT2D eigenvalue weighted by Gasteiger charge is -2.03. The Kier molecular flexibility index (Phi) is 11.1. The van der Waals surface area contributed by atoms with Crippen LogP contribution in [-0.2, 0) is 6.42 Å². The molecule has 0 saturated carbocycles. The lowest BCUT2D eigenvalue weighted by atomic mass is 10.0. The van der Waals surface area contributed by atoms with Crippen molar-refractivity contribution in [1.29, 1.82) is 0 Å². The van der Waals surface area contributed by atoms with Crippen LogP contribution >= 0.6 is 0 Å². The predicted octanol–water partition coefficient (Wildman–Crippen LogP) is 6.58.